The van der Waals surface area contributed by atoms with Crippen molar-refractivity contribution in [1.29, 1.82) is 0 Å². The van der Waals surface area contributed by atoms with Gasteiger partial charge < -0.3 is 4.90 Å². The minimum atomic E-state index is -3.45. The van der Waals surface area contributed by atoms with Crippen LogP contribution in [0.25, 0.3) is 0 Å². The summed E-state index contributed by atoms with van der Waals surface area (Å²) in [7, 11) is -3.45. The van der Waals surface area contributed by atoms with Crippen molar-refractivity contribution >= 4 is 16.4 Å². The molecule has 1 aliphatic rings. The third-order valence-corrected chi connectivity index (χ3v) is 5.43. The number of sulfonamides is 1. The molecular weight excluding hydrogens is 264 g/mol. The van der Waals surface area contributed by atoms with Crippen LogP contribution in [0, 0.1) is 13.8 Å². The van der Waals surface area contributed by atoms with Gasteiger partial charge in [-0.25, -0.2) is 8.42 Å². The Hall–Kier alpha value is -1.40. The van der Waals surface area contributed by atoms with Crippen molar-refractivity contribution in [3.05, 3.63) is 29.3 Å². The zero-order valence-corrected chi connectivity index (χ0v) is 12.0. The topological polar surface area (TPSA) is 57.7 Å². The van der Waals surface area contributed by atoms with Crippen molar-refractivity contribution in [2.24, 2.45) is 0 Å². The molecule has 1 aliphatic heterocycles. The molecule has 5 nitrogen and oxygen atoms in total. The molecule has 1 heterocycles. The Morgan fingerprint density at radius 1 is 1.11 bits per heavy atom. The van der Waals surface area contributed by atoms with E-state index >= 15 is 0 Å². The van der Waals surface area contributed by atoms with Crippen molar-refractivity contribution < 1.29 is 13.2 Å². The van der Waals surface area contributed by atoms with Gasteiger partial charge in [0.1, 0.15) is 0 Å². The van der Waals surface area contributed by atoms with Crippen LogP contribution in [0.2, 0.25) is 0 Å². The Morgan fingerprint density at radius 2 is 1.74 bits per heavy atom. The van der Waals surface area contributed by atoms with Crippen LogP contribution in [0.15, 0.2) is 23.1 Å². The van der Waals surface area contributed by atoms with E-state index in [4.69, 9.17) is 0 Å². The summed E-state index contributed by atoms with van der Waals surface area (Å²) >= 11 is 0. The van der Waals surface area contributed by atoms with Crippen LogP contribution in [0.1, 0.15) is 11.1 Å². The molecule has 1 amide bonds. The second-order valence-electron chi connectivity index (χ2n) is 4.81. The van der Waals surface area contributed by atoms with Crippen LogP contribution in [-0.2, 0) is 14.8 Å². The molecule has 1 saturated heterocycles. The van der Waals surface area contributed by atoms with E-state index in [-0.39, 0.29) is 0 Å². The van der Waals surface area contributed by atoms with Gasteiger partial charge in [-0.1, -0.05) is 17.7 Å². The van der Waals surface area contributed by atoms with E-state index in [2.05, 4.69) is 0 Å². The van der Waals surface area contributed by atoms with Crippen LogP contribution in [0.4, 0.5) is 0 Å². The van der Waals surface area contributed by atoms with Gasteiger partial charge in [0, 0.05) is 26.2 Å². The van der Waals surface area contributed by atoms with Gasteiger partial charge in [0.05, 0.1) is 4.90 Å². The van der Waals surface area contributed by atoms with Gasteiger partial charge in [0.2, 0.25) is 16.4 Å². The van der Waals surface area contributed by atoms with Crippen molar-refractivity contribution in [2.75, 3.05) is 26.2 Å². The molecule has 0 N–H and O–H groups in total. The first-order chi connectivity index (χ1) is 8.95. The molecule has 104 valence electrons. The molecule has 0 unspecified atom stereocenters. The minimum absolute atomic E-state index is 0.356. The molecule has 0 spiro atoms. The summed E-state index contributed by atoms with van der Waals surface area (Å²) in [5.74, 6) is 0. The van der Waals surface area contributed by atoms with E-state index in [1.165, 1.54) is 4.31 Å². The van der Waals surface area contributed by atoms with Crippen LogP contribution in [0.3, 0.4) is 0 Å². The number of hydrogen-bond donors (Lipinski definition) is 0. The molecule has 0 bridgehead atoms. The number of hydrogen-bond acceptors (Lipinski definition) is 3. The molecule has 19 heavy (non-hydrogen) atoms. The highest BCUT2D eigenvalue weighted by molar-refractivity contribution is 7.89. The van der Waals surface area contributed by atoms with Crippen molar-refractivity contribution in [2.45, 2.75) is 18.7 Å². The first-order valence-electron chi connectivity index (χ1n) is 6.22. The fourth-order valence-electron chi connectivity index (χ4n) is 2.28. The highest BCUT2D eigenvalue weighted by Gasteiger charge is 2.28. The normalized spacial score (nSPS) is 17.5. The third kappa shape index (κ3) is 2.79. The van der Waals surface area contributed by atoms with Crippen molar-refractivity contribution in [3.63, 3.8) is 0 Å². The van der Waals surface area contributed by atoms with Crippen LogP contribution < -0.4 is 0 Å². The lowest BCUT2D eigenvalue weighted by Gasteiger charge is -2.32. The fraction of sp³-hybridized carbons (Fsp3) is 0.462. The Morgan fingerprint density at radius 3 is 2.26 bits per heavy atom. The van der Waals surface area contributed by atoms with Crippen LogP contribution >= 0.6 is 0 Å². The molecule has 1 aromatic carbocycles. The number of nitrogens with zero attached hydrogens (tertiary/aromatic N) is 2. The molecule has 0 atom stereocenters. The lowest BCUT2D eigenvalue weighted by atomic mass is 10.2. The maximum Gasteiger partial charge on any atom is 0.243 e. The second kappa shape index (κ2) is 5.30. The SMILES string of the molecule is Cc1ccc(S(=O)(=O)N2CCN(C=O)CC2)c(C)c1. The van der Waals surface area contributed by atoms with Crippen LogP contribution in [-0.4, -0.2) is 50.2 Å². The van der Waals surface area contributed by atoms with E-state index in [1.807, 2.05) is 26.0 Å². The Bertz CT molecular complexity index is 576. The first-order valence-corrected chi connectivity index (χ1v) is 7.66. The summed E-state index contributed by atoms with van der Waals surface area (Å²) < 4.78 is 26.5. The number of aryl methyl sites for hydroxylation is 2. The number of amides is 1. The molecule has 1 fully saturated rings. The first kappa shape index (κ1) is 14.0. The van der Waals surface area contributed by atoms with E-state index in [0.29, 0.717) is 31.1 Å². The number of benzene rings is 1. The Balaban J connectivity index is 2.25. The fourth-order valence-corrected chi connectivity index (χ4v) is 3.91. The largest absolute Gasteiger partial charge is 0.343 e. The van der Waals surface area contributed by atoms with E-state index in [0.717, 1.165) is 17.5 Å². The molecule has 6 heteroatoms. The number of carbonyl (C=O) groups excluding carboxylic acids is 1. The lowest BCUT2D eigenvalue weighted by Crippen LogP contribution is -2.48. The minimum Gasteiger partial charge on any atom is -0.343 e. The van der Waals surface area contributed by atoms with Crippen molar-refractivity contribution in [1.82, 2.24) is 9.21 Å². The summed E-state index contributed by atoms with van der Waals surface area (Å²) in [4.78, 5) is 12.6. The number of carbonyl (C=O) groups is 1. The molecule has 0 aromatic heterocycles. The van der Waals surface area contributed by atoms with Gasteiger partial charge in [-0.3, -0.25) is 4.79 Å². The standard InChI is InChI=1S/C13H18N2O3S/c1-11-3-4-13(12(2)9-11)19(17,18)15-7-5-14(10-16)6-8-15/h3-4,9-10H,5-8H2,1-2H3. The smallest absolute Gasteiger partial charge is 0.243 e. The molecule has 0 aliphatic carbocycles. The average Bonchev–Trinajstić information content (AvgIpc) is 2.38. The van der Waals surface area contributed by atoms with Gasteiger partial charge >= 0.3 is 0 Å². The quantitative estimate of drug-likeness (QED) is 0.769. The van der Waals surface area contributed by atoms with Crippen molar-refractivity contribution in [3.8, 4) is 0 Å². The molecule has 0 saturated carbocycles. The zero-order valence-electron chi connectivity index (χ0n) is 11.2. The summed E-state index contributed by atoms with van der Waals surface area (Å²) in [6, 6.07) is 5.34. The van der Waals surface area contributed by atoms with Gasteiger partial charge in [0.15, 0.2) is 0 Å². The van der Waals surface area contributed by atoms with Gasteiger partial charge in [-0.05, 0) is 25.5 Å². The van der Waals surface area contributed by atoms with E-state index in [9.17, 15) is 13.2 Å². The predicted molar refractivity (Wildman–Crippen MR) is 72.3 cm³/mol. The molecule has 2 rings (SSSR count). The summed E-state index contributed by atoms with van der Waals surface area (Å²) in [6.07, 6.45) is 0.765. The van der Waals surface area contributed by atoms with E-state index in [1.54, 1.807) is 11.0 Å². The zero-order chi connectivity index (χ0) is 14.0. The highest BCUT2D eigenvalue weighted by Crippen LogP contribution is 2.21. The lowest BCUT2D eigenvalue weighted by molar-refractivity contribution is -0.119. The maximum absolute atomic E-state index is 12.5. The summed E-state index contributed by atoms with van der Waals surface area (Å²) in [5.41, 5.74) is 1.81. The van der Waals surface area contributed by atoms with Gasteiger partial charge in [0.25, 0.3) is 0 Å². The Kier molecular flexibility index (Phi) is 3.91. The number of piperazine rings is 1. The second-order valence-corrected chi connectivity index (χ2v) is 6.72. The van der Waals surface area contributed by atoms with Crippen LogP contribution in [0.5, 0.6) is 0 Å². The molecule has 0 radical (unpaired) electrons. The highest BCUT2D eigenvalue weighted by atomic mass is 32.2. The summed E-state index contributed by atoms with van der Waals surface area (Å²) in [5, 5.41) is 0. The Labute approximate surface area is 113 Å². The maximum atomic E-state index is 12.5. The van der Waals surface area contributed by atoms with Gasteiger partial charge in [-0.2, -0.15) is 4.31 Å². The van der Waals surface area contributed by atoms with E-state index < -0.39 is 10.0 Å². The predicted octanol–water partition coefficient (Wildman–Crippen LogP) is 0.766. The van der Waals surface area contributed by atoms with Gasteiger partial charge in [-0.15, -0.1) is 0 Å². The molecular formula is C13H18N2O3S. The number of rotatable bonds is 3. The average molecular weight is 282 g/mol. The monoisotopic (exact) mass is 282 g/mol. The molecule has 1 aromatic rings. The third-order valence-electron chi connectivity index (χ3n) is 3.37. The summed E-state index contributed by atoms with van der Waals surface area (Å²) in [6.45, 7) is 5.36.